The van der Waals surface area contributed by atoms with Crippen LogP contribution in [-0.2, 0) is 10.0 Å². The molecule has 0 unspecified atom stereocenters. The number of ether oxygens (including phenoxy) is 2. The first kappa shape index (κ1) is 24.0. The molecule has 1 N–H and O–H groups in total. The predicted molar refractivity (Wildman–Crippen MR) is 132 cm³/mol. The number of anilines is 1. The Balaban J connectivity index is 1.46. The van der Waals surface area contributed by atoms with Gasteiger partial charge in [0, 0.05) is 29.2 Å². The fourth-order valence-electron chi connectivity index (χ4n) is 3.45. The molecule has 1 fully saturated rings. The summed E-state index contributed by atoms with van der Waals surface area (Å²) in [6.45, 7) is 1.74. The average molecular weight is 528 g/mol. The van der Waals surface area contributed by atoms with Crippen molar-refractivity contribution in [3.05, 3.63) is 75.7 Å². The highest BCUT2D eigenvalue weighted by molar-refractivity contribution is 7.92. The number of nitrogens with one attached hydrogen (secondary N) is 1. The van der Waals surface area contributed by atoms with E-state index in [9.17, 15) is 8.42 Å². The molecule has 3 aromatic carbocycles. The molecule has 0 bridgehead atoms. The number of hydrogen-bond acceptors (Lipinski definition) is 5. The summed E-state index contributed by atoms with van der Waals surface area (Å²) in [5, 5.41) is 1.30. The normalized spacial score (nSPS) is 16.5. The van der Waals surface area contributed by atoms with Gasteiger partial charge in [0.1, 0.15) is 23.4 Å². The molecule has 0 aliphatic carbocycles. The van der Waals surface area contributed by atoms with E-state index in [1.165, 1.54) is 12.1 Å². The van der Waals surface area contributed by atoms with Crippen LogP contribution in [-0.4, -0.2) is 39.6 Å². The lowest BCUT2D eigenvalue weighted by molar-refractivity contribution is 0.208. The van der Waals surface area contributed by atoms with E-state index in [4.69, 9.17) is 44.3 Å². The van der Waals surface area contributed by atoms with E-state index in [0.717, 1.165) is 19.5 Å². The molecule has 0 radical (unpaired) electrons. The Labute approximate surface area is 208 Å². The van der Waals surface area contributed by atoms with Crippen LogP contribution in [0, 0.1) is 0 Å². The summed E-state index contributed by atoms with van der Waals surface area (Å²) in [5.74, 6) is 1.33. The number of nitrogens with zero attached hydrogens (tertiary/aromatic N) is 1. The Bertz CT molecular complexity index is 1230. The van der Waals surface area contributed by atoms with Crippen molar-refractivity contribution in [1.29, 1.82) is 0 Å². The summed E-state index contributed by atoms with van der Waals surface area (Å²) >= 11 is 18.2. The van der Waals surface area contributed by atoms with E-state index in [-0.39, 0.29) is 11.0 Å². The minimum atomic E-state index is -3.84. The Morgan fingerprint density at radius 1 is 0.939 bits per heavy atom. The van der Waals surface area contributed by atoms with Crippen LogP contribution in [0.25, 0.3) is 0 Å². The molecule has 10 heteroatoms. The molecule has 0 amide bonds. The molecule has 0 aromatic heterocycles. The van der Waals surface area contributed by atoms with Crippen molar-refractivity contribution in [2.75, 3.05) is 24.9 Å². The van der Waals surface area contributed by atoms with Gasteiger partial charge in [0.15, 0.2) is 0 Å². The zero-order valence-corrected chi connectivity index (χ0v) is 20.7. The lowest BCUT2D eigenvalue weighted by atomic mass is 10.3. The van der Waals surface area contributed by atoms with Crippen LogP contribution in [0.1, 0.15) is 6.42 Å². The first-order valence-electron chi connectivity index (χ1n) is 10.1. The van der Waals surface area contributed by atoms with Crippen molar-refractivity contribution >= 4 is 50.5 Å². The molecule has 4 rings (SSSR count). The zero-order chi connectivity index (χ0) is 23.6. The van der Waals surface area contributed by atoms with Gasteiger partial charge in [-0.3, -0.25) is 4.72 Å². The van der Waals surface area contributed by atoms with Crippen molar-refractivity contribution in [2.24, 2.45) is 0 Å². The van der Waals surface area contributed by atoms with Gasteiger partial charge in [-0.15, -0.1) is 0 Å². The standard InChI is InChI=1S/C23H21Cl3N2O4S/c1-28-9-8-19(14-28)32-23-13-17(2-7-22(23)26)27-33(29,30)21-5-3-18(4-6-21)31-20-11-15(24)10-16(25)12-20/h2-7,10-13,19,27H,8-9,14H2,1H3/t19-/m1/s1. The highest BCUT2D eigenvalue weighted by atomic mass is 35.5. The van der Waals surface area contributed by atoms with Crippen LogP contribution < -0.4 is 14.2 Å². The fraction of sp³-hybridized carbons (Fsp3) is 0.217. The molecule has 1 saturated heterocycles. The van der Waals surface area contributed by atoms with Crippen LogP contribution in [0.2, 0.25) is 15.1 Å². The van der Waals surface area contributed by atoms with Gasteiger partial charge in [0.25, 0.3) is 10.0 Å². The summed E-state index contributed by atoms with van der Waals surface area (Å²) in [7, 11) is -1.81. The minimum Gasteiger partial charge on any atom is -0.487 e. The Kier molecular flexibility index (Phi) is 7.26. The number of rotatable bonds is 7. The van der Waals surface area contributed by atoms with Crippen molar-refractivity contribution in [1.82, 2.24) is 4.90 Å². The second-order valence-electron chi connectivity index (χ2n) is 7.72. The van der Waals surface area contributed by atoms with Gasteiger partial charge in [-0.1, -0.05) is 34.8 Å². The maximum atomic E-state index is 12.9. The van der Waals surface area contributed by atoms with E-state index in [2.05, 4.69) is 9.62 Å². The Morgan fingerprint density at radius 3 is 2.27 bits per heavy atom. The van der Waals surface area contributed by atoms with Crippen LogP contribution >= 0.6 is 34.8 Å². The summed E-state index contributed by atoms with van der Waals surface area (Å²) in [5.41, 5.74) is 0.356. The molecule has 1 heterocycles. The Hall–Kier alpha value is -2.16. The van der Waals surface area contributed by atoms with Gasteiger partial charge >= 0.3 is 0 Å². The van der Waals surface area contributed by atoms with Crippen molar-refractivity contribution in [3.8, 4) is 17.2 Å². The second-order valence-corrected chi connectivity index (χ2v) is 10.7. The van der Waals surface area contributed by atoms with Crippen molar-refractivity contribution < 1.29 is 17.9 Å². The molecule has 3 aromatic rings. The molecule has 1 atom stereocenters. The first-order chi connectivity index (χ1) is 15.7. The van der Waals surface area contributed by atoms with Gasteiger partial charge in [-0.05, 0) is 68.1 Å². The minimum absolute atomic E-state index is 0.0151. The van der Waals surface area contributed by atoms with Crippen LogP contribution in [0.5, 0.6) is 17.2 Å². The quantitative estimate of drug-likeness (QED) is 0.389. The molecule has 1 aliphatic heterocycles. The SMILES string of the molecule is CN1CC[C@@H](Oc2cc(NS(=O)(=O)c3ccc(Oc4cc(Cl)cc(Cl)c4)cc3)ccc2Cl)C1. The smallest absolute Gasteiger partial charge is 0.261 e. The van der Waals surface area contributed by atoms with E-state index in [1.54, 1.807) is 48.5 Å². The lowest BCUT2D eigenvalue weighted by Crippen LogP contribution is -2.21. The number of likely N-dealkylation sites (N-methyl/N-ethyl adjacent to an activating group) is 1. The molecule has 174 valence electrons. The third-order valence-electron chi connectivity index (χ3n) is 5.03. The average Bonchev–Trinajstić information content (AvgIpc) is 3.14. The topological polar surface area (TPSA) is 67.9 Å². The molecule has 33 heavy (non-hydrogen) atoms. The van der Waals surface area contributed by atoms with Crippen LogP contribution in [0.3, 0.4) is 0 Å². The summed E-state index contributed by atoms with van der Waals surface area (Å²) in [6.07, 6.45) is 0.903. The largest absolute Gasteiger partial charge is 0.487 e. The number of benzene rings is 3. The van der Waals surface area contributed by atoms with Crippen molar-refractivity contribution in [2.45, 2.75) is 17.4 Å². The molecular formula is C23H21Cl3N2O4S. The highest BCUT2D eigenvalue weighted by Crippen LogP contribution is 2.32. The molecular weight excluding hydrogens is 507 g/mol. The predicted octanol–water partition coefficient (Wildman–Crippen LogP) is 6.32. The molecule has 0 saturated carbocycles. The van der Waals surface area contributed by atoms with Gasteiger partial charge < -0.3 is 14.4 Å². The van der Waals surface area contributed by atoms with Gasteiger partial charge in [-0.2, -0.15) is 0 Å². The van der Waals surface area contributed by atoms with E-state index >= 15 is 0 Å². The molecule has 0 spiro atoms. The molecule has 1 aliphatic rings. The second kappa shape index (κ2) is 9.99. The van der Waals surface area contributed by atoms with Crippen LogP contribution in [0.15, 0.2) is 65.6 Å². The first-order valence-corrected chi connectivity index (χ1v) is 12.7. The summed E-state index contributed by atoms with van der Waals surface area (Å²) in [6, 6.07) is 15.6. The lowest BCUT2D eigenvalue weighted by Gasteiger charge is -2.16. The Morgan fingerprint density at radius 2 is 1.64 bits per heavy atom. The third kappa shape index (κ3) is 6.25. The monoisotopic (exact) mass is 526 g/mol. The van der Waals surface area contributed by atoms with Gasteiger partial charge in [-0.25, -0.2) is 8.42 Å². The number of hydrogen-bond donors (Lipinski definition) is 1. The van der Waals surface area contributed by atoms with E-state index in [0.29, 0.717) is 38.0 Å². The fourth-order valence-corrected chi connectivity index (χ4v) is 5.17. The summed E-state index contributed by atoms with van der Waals surface area (Å²) < 4.78 is 40.0. The number of likely N-dealkylation sites (tertiary alicyclic amines) is 1. The third-order valence-corrected chi connectivity index (χ3v) is 7.18. The van der Waals surface area contributed by atoms with Crippen LogP contribution in [0.4, 0.5) is 5.69 Å². The van der Waals surface area contributed by atoms with E-state index in [1.807, 2.05) is 7.05 Å². The summed E-state index contributed by atoms with van der Waals surface area (Å²) in [4.78, 5) is 2.24. The van der Waals surface area contributed by atoms with Crippen molar-refractivity contribution in [3.63, 3.8) is 0 Å². The highest BCUT2D eigenvalue weighted by Gasteiger charge is 2.22. The van der Waals surface area contributed by atoms with Gasteiger partial charge in [0.2, 0.25) is 0 Å². The number of sulfonamides is 1. The maximum Gasteiger partial charge on any atom is 0.261 e. The number of halogens is 3. The maximum absolute atomic E-state index is 12.9. The molecule has 6 nitrogen and oxygen atoms in total. The van der Waals surface area contributed by atoms with E-state index < -0.39 is 10.0 Å². The van der Waals surface area contributed by atoms with Gasteiger partial charge in [0.05, 0.1) is 15.6 Å². The zero-order valence-electron chi connectivity index (χ0n) is 17.6.